The quantitative estimate of drug-likeness (QED) is 0.559. The van der Waals surface area contributed by atoms with Crippen molar-refractivity contribution in [1.29, 1.82) is 0 Å². The lowest BCUT2D eigenvalue weighted by Gasteiger charge is -2.12. The predicted molar refractivity (Wildman–Crippen MR) is 115 cm³/mol. The summed E-state index contributed by atoms with van der Waals surface area (Å²) in [6, 6.07) is 25.2. The molecular weight excluding hydrogens is 344 g/mol. The molecule has 28 heavy (non-hydrogen) atoms. The summed E-state index contributed by atoms with van der Waals surface area (Å²) < 4.78 is 0. The van der Waals surface area contributed by atoms with E-state index in [-0.39, 0.29) is 11.7 Å². The van der Waals surface area contributed by atoms with E-state index in [0.29, 0.717) is 18.9 Å². The van der Waals surface area contributed by atoms with Crippen LogP contribution >= 0.6 is 0 Å². The number of aromatic nitrogens is 1. The van der Waals surface area contributed by atoms with E-state index in [2.05, 4.69) is 48.6 Å². The van der Waals surface area contributed by atoms with E-state index in [1.807, 2.05) is 36.4 Å². The highest BCUT2D eigenvalue weighted by Crippen LogP contribution is 2.26. The van der Waals surface area contributed by atoms with Crippen molar-refractivity contribution in [2.75, 3.05) is 5.32 Å². The Bertz CT molecular complexity index is 930. The Morgan fingerprint density at radius 2 is 1.68 bits per heavy atom. The third-order valence-electron chi connectivity index (χ3n) is 5.20. The molecule has 1 heterocycles. The molecule has 0 unspecified atom stereocenters. The first-order valence-electron chi connectivity index (χ1n) is 10.1. The number of ketones is 1. The Balaban J connectivity index is 1.34. The molecule has 1 atom stereocenters. The van der Waals surface area contributed by atoms with Crippen molar-refractivity contribution in [1.82, 2.24) is 4.98 Å². The molecule has 0 spiro atoms. The van der Waals surface area contributed by atoms with Crippen molar-refractivity contribution < 1.29 is 4.79 Å². The van der Waals surface area contributed by atoms with Gasteiger partial charge in [0.25, 0.3) is 0 Å². The Morgan fingerprint density at radius 1 is 0.964 bits per heavy atom. The SMILES string of the molecule is C[C@@H](CC(=O)Cc1ccc(-c2ccccc2)cc1)c1cccc(NC2CC2)n1. The molecule has 1 N–H and O–H groups in total. The lowest BCUT2D eigenvalue weighted by molar-refractivity contribution is -0.118. The average molecular weight is 370 g/mol. The molecule has 3 heteroatoms. The van der Waals surface area contributed by atoms with Gasteiger partial charge in [0.2, 0.25) is 0 Å². The molecule has 0 saturated heterocycles. The van der Waals surface area contributed by atoms with Gasteiger partial charge in [-0.05, 0) is 41.7 Å². The van der Waals surface area contributed by atoms with Crippen molar-refractivity contribution in [2.45, 2.75) is 44.6 Å². The first kappa shape index (κ1) is 18.4. The zero-order valence-corrected chi connectivity index (χ0v) is 16.3. The maximum atomic E-state index is 12.6. The average Bonchev–Trinajstić information content (AvgIpc) is 3.53. The van der Waals surface area contributed by atoms with Crippen LogP contribution in [0.25, 0.3) is 11.1 Å². The van der Waals surface area contributed by atoms with Gasteiger partial charge in [-0.15, -0.1) is 0 Å². The smallest absolute Gasteiger partial charge is 0.137 e. The Hall–Kier alpha value is -2.94. The number of hydrogen-bond donors (Lipinski definition) is 1. The van der Waals surface area contributed by atoms with Gasteiger partial charge in [-0.3, -0.25) is 4.79 Å². The van der Waals surface area contributed by atoms with Gasteiger partial charge in [0, 0.05) is 30.5 Å². The van der Waals surface area contributed by atoms with Gasteiger partial charge in [0.05, 0.1) is 0 Å². The predicted octanol–water partition coefficient (Wildman–Crippen LogP) is 5.63. The zero-order chi connectivity index (χ0) is 19.3. The maximum absolute atomic E-state index is 12.6. The van der Waals surface area contributed by atoms with Crippen molar-refractivity contribution in [3.8, 4) is 11.1 Å². The van der Waals surface area contributed by atoms with E-state index in [4.69, 9.17) is 4.98 Å². The van der Waals surface area contributed by atoms with Crippen LogP contribution in [0.3, 0.4) is 0 Å². The third kappa shape index (κ3) is 4.86. The topological polar surface area (TPSA) is 42.0 Å². The van der Waals surface area contributed by atoms with Crippen LogP contribution in [0.5, 0.6) is 0 Å². The van der Waals surface area contributed by atoms with E-state index in [0.717, 1.165) is 17.1 Å². The van der Waals surface area contributed by atoms with E-state index in [1.54, 1.807) is 0 Å². The first-order chi connectivity index (χ1) is 13.7. The van der Waals surface area contributed by atoms with Crippen LogP contribution in [0.2, 0.25) is 0 Å². The number of hydrogen-bond acceptors (Lipinski definition) is 3. The molecule has 1 aliphatic rings. The van der Waals surface area contributed by atoms with Gasteiger partial charge >= 0.3 is 0 Å². The lowest BCUT2D eigenvalue weighted by atomic mass is 9.96. The number of nitrogens with one attached hydrogen (secondary N) is 1. The number of benzene rings is 2. The number of nitrogens with zero attached hydrogens (tertiary/aromatic N) is 1. The molecule has 4 rings (SSSR count). The largest absolute Gasteiger partial charge is 0.367 e. The van der Waals surface area contributed by atoms with E-state index in [9.17, 15) is 4.79 Å². The number of carbonyl (C=O) groups is 1. The number of carbonyl (C=O) groups excluding carboxylic acids is 1. The van der Waals surface area contributed by atoms with Crippen molar-refractivity contribution in [3.63, 3.8) is 0 Å². The van der Waals surface area contributed by atoms with Gasteiger partial charge in [0.1, 0.15) is 11.6 Å². The van der Waals surface area contributed by atoms with Gasteiger partial charge < -0.3 is 5.32 Å². The van der Waals surface area contributed by atoms with Crippen LogP contribution < -0.4 is 5.32 Å². The lowest BCUT2D eigenvalue weighted by Crippen LogP contribution is -2.10. The fourth-order valence-corrected chi connectivity index (χ4v) is 3.43. The van der Waals surface area contributed by atoms with Gasteiger partial charge in [-0.1, -0.05) is 67.6 Å². The molecule has 2 aromatic carbocycles. The van der Waals surface area contributed by atoms with E-state index >= 15 is 0 Å². The molecular formula is C25H26N2O. The van der Waals surface area contributed by atoms with Gasteiger partial charge in [0.15, 0.2) is 0 Å². The normalized spacial score (nSPS) is 14.5. The van der Waals surface area contributed by atoms with Crippen LogP contribution in [-0.2, 0) is 11.2 Å². The molecule has 1 aliphatic carbocycles. The van der Waals surface area contributed by atoms with Crippen molar-refractivity contribution in [3.05, 3.63) is 84.1 Å². The molecule has 3 nitrogen and oxygen atoms in total. The molecule has 0 radical (unpaired) electrons. The monoisotopic (exact) mass is 370 g/mol. The van der Waals surface area contributed by atoms with Gasteiger partial charge in [-0.2, -0.15) is 0 Å². The summed E-state index contributed by atoms with van der Waals surface area (Å²) >= 11 is 0. The minimum absolute atomic E-state index is 0.122. The summed E-state index contributed by atoms with van der Waals surface area (Å²) in [6.07, 6.45) is 3.44. The van der Waals surface area contributed by atoms with Crippen LogP contribution in [0.4, 0.5) is 5.82 Å². The van der Waals surface area contributed by atoms with Crippen molar-refractivity contribution >= 4 is 11.6 Å². The second-order valence-corrected chi connectivity index (χ2v) is 7.75. The molecule has 1 fully saturated rings. The Labute approximate surface area is 166 Å². The second-order valence-electron chi connectivity index (χ2n) is 7.75. The number of Topliss-reactive ketones (excluding diaryl/α,β-unsaturated/α-hetero) is 1. The first-order valence-corrected chi connectivity index (χ1v) is 10.1. The second kappa shape index (κ2) is 8.39. The minimum atomic E-state index is 0.122. The summed E-state index contributed by atoms with van der Waals surface area (Å²) in [4.78, 5) is 17.3. The number of pyridine rings is 1. The molecule has 142 valence electrons. The number of anilines is 1. The molecule has 1 saturated carbocycles. The molecule has 1 aromatic heterocycles. The summed E-state index contributed by atoms with van der Waals surface area (Å²) in [5.74, 6) is 1.30. The highest BCUT2D eigenvalue weighted by atomic mass is 16.1. The highest BCUT2D eigenvalue weighted by molar-refractivity contribution is 5.81. The van der Waals surface area contributed by atoms with Crippen LogP contribution in [0.15, 0.2) is 72.8 Å². The summed E-state index contributed by atoms with van der Waals surface area (Å²) in [6.45, 7) is 2.08. The Kier molecular flexibility index (Phi) is 5.52. The maximum Gasteiger partial charge on any atom is 0.137 e. The number of rotatable bonds is 8. The van der Waals surface area contributed by atoms with E-state index < -0.39 is 0 Å². The molecule has 0 amide bonds. The summed E-state index contributed by atoms with van der Waals surface area (Å²) in [7, 11) is 0. The van der Waals surface area contributed by atoms with Crippen LogP contribution in [0, 0.1) is 0 Å². The van der Waals surface area contributed by atoms with Crippen molar-refractivity contribution in [2.24, 2.45) is 0 Å². The zero-order valence-electron chi connectivity index (χ0n) is 16.3. The van der Waals surface area contributed by atoms with E-state index in [1.165, 1.54) is 24.0 Å². The third-order valence-corrected chi connectivity index (χ3v) is 5.20. The molecule has 0 aliphatic heterocycles. The highest BCUT2D eigenvalue weighted by Gasteiger charge is 2.21. The Morgan fingerprint density at radius 3 is 2.39 bits per heavy atom. The fraction of sp³-hybridized carbons (Fsp3) is 0.280. The fourth-order valence-electron chi connectivity index (χ4n) is 3.43. The van der Waals surface area contributed by atoms with Gasteiger partial charge in [-0.25, -0.2) is 4.98 Å². The summed E-state index contributed by atoms with van der Waals surface area (Å²) in [5.41, 5.74) is 4.42. The van der Waals surface area contributed by atoms with Crippen LogP contribution in [-0.4, -0.2) is 16.8 Å². The molecule has 0 bridgehead atoms. The minimum Gasteiger partial charge on any atom is -0.367 e. The summed E-state index contributed by atoms with van der Waals surface area (Å²) in [5, 5.41) is 3.43. The molecule has 3 aromatic rings. The van der Waals surface area contributed by atoms with Crippen LogP contribution in [0.1, 0.15) is 43.4 Å². The standard InChI is InChI=1S/C25H26N2O/c1-18(24-8-5-9-25(27-24)26-22-14-15-22)16-23(28)17-19-10-12-21(13-11-19)20-6-3-2-4-7-20/h2-13,18,22H,14-17H2,1H3,(H,26,27)/t18-/m0/s1.